The van der Waals surface area contributed by atoms with Gasteiger partial charge in [0.25, 0.3) is 5.91 Å². The van der Waals surface area contributed by atoms with Gasteiger partial charge in [-0.2, -0.15) is 18.2 Å². The average Bonchev–Trinajstić information content (AvgIpc) is 3.57. The lowest BCUT2D eigenvalue weighted by Gasteiger charge is -2.23. The number of ether oxygens (including phenoxy) is 1. The van der Waals surface area contributed by atoms with E-state index in [1.165, 1.54) is 13.2 Å². The summed E-state index contributed by atoms with van der Waals surface area (Å²) in [5.74, 6) is -0.889. The number of alkyl halides is 3. The molecule has 0 unspecified atom stereocenters. The van der Waals surface area contributed by atoms with Crippen molar-refractivity contribution >= 4 is 34.7 Å². The van der Waals surface area contributed by atoms with E-state index in [2.05, 4.69) is 37.9 Å². The van der Waals surface area contributed by atoms with Crippen LogP contribution in [0.15, 0.2) is 36.5 Å². The molecule has 3 N–H and O–H groups in total. The maximum absolute atomic E-state index is 15.6. The van der Waals surface area contributed by atoms with Gasteiger partial charge in [0.2, 0.25) is 5.95 Å². The molecule has 2 aromatic carbocycles. The van der Waals surface area contributed by atoms with E-state index in [9.17, 15) is 18.0 Å². The van der Waals surface area contributed by atoms with Gasteiger partial charge in [-0.3, -0.25) is 4.79 Å². The van der Waals surface area contributed by atoms with Crippen molar-refractivity contribution in [2.45, 2.75) is 12.7 Å². The summed E-state index contributed by atoms with van der Waals surface area (Å²) in [5.41, 5.74) is 0.538. The van der Waals surface area contributed by atoms with Gasteiger partial charge in [-0.25, -0.2) is 9.37 Å². The van der Waals surface area contributed by atoms with E-state index in [0.29, 0.717) is 29.3 Å². The molecule has 3 aliphatic rings. The van der Waals surface area contributed by atoms with Crippen molar-refractivity contribution in [2.24, 2.45) is 11.8 Å². The predicted molar refractivity (Wildman–Crippen MR) is 141 cm³/mol. The second-order valence-corrected chi connectivity index (χ2v) is 10.4. The van der Waals surface area contributed by atoms with Gasteiger partial charge in [-0.05, 0) is 42.6 Å². The highest BCUT2D eigenvalue weighted by Crippen LogP contribution is 2.41. The highest BCUT2D eigenvalue weighted by Gasteiger charge is 2.40. The summed E-state index contributed by atoms with van der Waals surface area (Å²) in [6.45, 7) is 3.69. The molecule has 0 aliphatic carbocycles. The van der Waals surface area contributed by atoms with Gasteiger partial charge in [0.05, 0.1) is 29.7 Å². The van der Waals surface area contributed by atoms with Crippen LogP contribution in [0.3, 0.4) is 0 Å². The smallest absolute Gasteiger partial charge is 0.421 e. The third kappa shape index (κ3) is 4.63. The third-order valence-corrected chi connectivity index (χ3v) is 7.70. The summed E-state index contributed by atoms with van der Waals surface area (Å²) >= 11 is 0. The van der Waals surface area contributed by atoms with Crippen LogP contribution < -0.4 is 25.6 Å². The maximum Gasteiger partial charge on any atom is 0.421 e. The van der Waals surface area contributed by atoms with E-state index < -0.39 is 29.3 Å². The molecule has 2 fully saturated rings. The Kier molecular flexibility index (Phi) is 6.40. The van der Waals surface area contributed by atoms with Crippen molar-refractivity contribution in [3.63, 3.8) is 0 Å². The first-order valence-corrected chi connectivity index (χ1v) is 12.8. The highest BCUT2D eigenvalue weighted by molar-refractivity contribution is 6.04. The zero-order valence-electron chi connectivity index (χ0n) is 21.8. The molecule has 9 nitrogen and oxygen atoms in total. The summed E-state index contributed by atoms with van der Waals surface area (Å²) in [7, 11) is 3.41. The number of nitrogens with one attached hydrogen (secondary N) is 3. The molecule has 1 amide bonds. The number of carbonyl (C=O) groups excluding carboxylic acids is 1. The van der Waals surface area contributed by atoms with Gasteiger partial charge in [-0.1, -0.05) is 12.1 Å². The van der Waals surface area contributed by atoms with Crippen molar-refractivity contribution < 1.29 is 27.1 Å². The van der Waals surface area contributed by atoms with Crippen LogP contribution in [-0.4, -0.2) is 61.1 Å². The van der Waals surface area contributed by atoms with Crippen LogP contribution in [-0.2, 0) is 12.7 Å². The van der Waals surface area contributed by atoms with E-state index in [1.54, 1.807) is 24.3 Å². The predicted octanol–water partition coefficient (Wildman–Crippen LogP) is 4.37. The Balaban J connectivity index is 1.30. The topological polar surface area (TPSA) is 94.6 Å². The van der Waals surface area contributed by atoms with Crippen molar-refractivity contribution in [3.05, 3.63) is 59.0 Å². The van der Waals surface area contributed by atoms with Crippen molar-refractivity contribution in [1.29, 1.82) is 0 Å². The zero-order valence-corrected chi connectivity index (χ0v) is 21.8. The van der Waals surface area contributed by atoms with E-state index in [4.69, 9.17) is 4.74 Å². The zero-order chi connectivity index (χ0) is 28.2. The summed E-state index contributed by atoms with van der Waals surface area (Å²) < 4.78 is 62.5. The van der Waals surface area contributed by atoms with Crippen molar-refractivity contribution in [2.75, 3.05) is 55.9 Å². The van der Waals surface area contributed by atoms with Crippen LogP contribution >= 0.6 is 0 Å². The molecule has 0 saturated carbocycles. The Labute approximate surface area is 227 Å². The minimum Gasteiger partial charge on any atom is -0.492 e. The first-order valence-electron chi connectivity index (χ1n) is 12.8. The molecule has 2 saturated heterocycles. The standard InChI is InChI=1S/C27H27F4N7O2/c1-37-10-15-12-38(13-16(15)11-37)20-7-6-19(23(40-2)22(20)28)35-26-33-9-17(27(29,30)31)24(36-26)34-18-5-3-4-14-8-32-25(39)21(14)18/h3-7,9,15-16H,8,10-13H2,1-2H3,(H,32,39)(H2,33,34,35,36)/t15-,16+. The lowest BCUT2D eigenvalue weighted by atomic mass is 10.0. The Morgan fingerprint density at radius 1 is 1.05 bits per heavy atom. The first-order chi connectivity index (χ1) is 19.1. The maximum atomic E-state index is 15.6. The first kappa shape index (κ1) is 26.1. The average molecular weight is 558 g/mol. The summed E-state index contributed by atoms with van der Waals surface area (Å²) in [5, 5.41) is 8.11. The third-order valence-electron chi connectivity index (χ3n) is 7.70. The molecule has 2 atom stereocenters. The number of anilines is 5. The van der Waals surface area contributed by atoms with E-state index in [1.807, 2.05) is 4.90 Å². The second-order valence-electron chi connectivity index (χ2n) is 10.4. The molecular formula is C27H27F4N7O2. The fraction of sp³-hybridized carbons (Fsp3) is 0.370. The second kappa shape index (κ2) is 9.81. The number of hydrogen-bond donors (Lipinski definition) is 3. The molecule has 13 heteroatoms. The van der Waals surface area contributed by atoms with Crippen molar-refractivity contribution in [1.82, 2.24) is 20.2 Å². The largest absolute Gasteiger partial charge is 0.492 e. The van der Waals surface area contributed by atoms with E-state index in [0.717, 1.165) is 26.2 Å². The summed E-state index contributed by atoms with van der Waals surface area (Å²) in [6, 6.07) is 8.07. The molecule has 3 aromatic rings. The van der Waals surface area contributed by atoms with Gasteiger partial charge in [0.1, 0.15) is 11.4 Å². The number of nitrogens with zero attached hydrogens (tertiary/aromatic N) is 4. The highest BCUT2D eigenvalue weighted by atomic mass is 19.4. The number of amides is 1. The van der Waals surface area contributed by atoms with Crippen LogP contribution in [0, 0.1) is 17.7 Å². The number of hydrogen-bond acceptors (Lipinski definition) is 8. The Morgan fingerprint density at radius 3 is 2.50 bits per heavy atom. The molecular weight excluding hydrogens is 530 g/mol. The monoisotopic (exact) mass is 557 g/mol. The fourth-order valence-corrected chi connectivity index (χ4v) is 5.89. The number of halogens is 4. The lowest BCUT2D eigenvalue weighted by Crippen LogP contribution is -2.27. The van der Waals surface area contributed by atoms with Crippen LogP contribution in [0.25, 0.3) is 0 Å². The number of rotatable bonds is 6. The Hall–Kier alpha value is -4.13. The van der Waals surface area contributed by atoms with Gasteiger partial charge in [0, 0.05) is 38.9 Å². The van der Waals surface area contributed by atoms with Crippen LogP contribution in [0.1, 0.15) is 21.5 Å². The molecule has 40 heavy (non-hydrogen) atoms. The number of benzene rings is 2. The van der Waals surface area contributed by atoms with Crippen LogP contribution in [0.5, 0.6) is 5.75 Å². The molecule has 4 heterocycles. The number of likely N-dealkylation sites (tertiary alicyclic amines) is 1. The summed E-state index contributed by atoms with van der Waals surface area (Å²) in [4.78, 5) is 24.5. The van der Waals surface area contributed by atoms with Crippen LogP contribution in [0.4, 0.5) is 46.4 Å². The number of fused-ring (bicyclic) bond motifs is 2. The number of aromatic nitrogens is 2. The molecule has 0 bridgehead atoms. The number of methoxy groups -OCH3 is 1. The quantitative estimate of drug-likeness (QED) is 0.385. The summed E-state index contributed by atoms with van der Waals surface area (Å²) in [6.07, 6.45) is -4.13. The Bertz CT molecular complexity index is 1470. The van der Waals surface area contributed by atoms with Crippen LogP contribution in [0.2, 0.25) is 0 Å². The SMILES string of the molecule is COc1c(Nc2ncc(C(F)(F)F)c(Nc3cccc4c3C(=O)NC4)n2)ccc(N2C[C@H]3CN(C)C[C@H]3C2)c1F. The van der Waals surface area contributed by atoms with Gasteiger partial charge < -0.3 is 30.5 Å². The van der Waals surface area contributed by atoms with Gasteiger partial charge in [0.15, 0.2) is 11.6 Å². The normalized spacial score (nSPS) is 20.4. The molecule has 6 rings (SSSR count). The van der Waals surface area contributed by atoms with Gasteiger partial charge >= 0.3 is 6.18 Å². The Morgan fingerprint density at radius 2 is 1.80 bits per heavy atom. The lowest BCUT2D eigenvalue weighted by molar-refractivity contribution is -0.137. The van der Waals surface area contributed by atoms with Crippen molar-refractivity contribution in [3.8, 4) is 5.75 Å². The molecule has 210 valence electrons. The minimum absolute atomic E-state index is 0.0952. The minimum atomic E-state index is -4.77. The molecule has 1 aromatic heterocycles. The van der Waals surface area contributed by atoms with Gasteiger partial charge in [-0.15, -0.1) is 0 Å². The molecule has 0 radical (unpaired) electrons. The number of carbonyl (C=O) groups is 1. The molecule has 3 aliphatic heterocycles. The fourth-order valence-electron chi connectivity index (χ4n) is 5.89. The van der Waals surface area contributed by atoms with E-state index >= 15 is 4.39 Å². The van der Waals surface area contributed by atoms with E-state index in [-0.39, 0.29) is 35.2 Å². The molecule has 0 spiro atoms.